The van der Waals surface area contributed by atoms with E-state index in [9.17, 15) is 4.79 Å². The van der Waals surface area contributed by atoms with E-state index < -0.39 is 0 Å². The average molecular weight is 338 g/mol. The Hall–Kier alpha value is -2.44. The zero-order valence-corrected chi connectivity index (χ0v) is 14.2. The van der Waals surface area contributed by atoms with Crippen LogP contribution in [0.1, 0.15) is 30.9 Å². The number of pyridine rings is 1. The second kappa shape index (κ2) is 5.82. The fourth-order valence-electron chi connectivity index (χ4n) is 4.67. The highest BCUT2D eigenvalue weighted by atomic mass is 16.1. The predicted molar refractivity (Wildman–Crippen MR) is 93.4 cm³/mol. The molecule has 0 saturated carbocycles. The molecule has 130 valence electrons. The summed E-state index contributed by atoms with van der Waals surface area (Å²) in [6.07, 6.45) is 8.00. The summed E-state index contributed by atoms with van der Waals surface area (Å²) >= 11 is 0. The highest BCUT2D eigenvalue weighted by Gasteiger charge is 2.36. The highest BCUT2D eigenvalue weighted by molar-refractivity contribution is 5.33. The first-order valence-corrected chi connectivity index (χ1v) is 9.15. The molecular formula is C18H22N6O. The Morgan fingerprint density at radius 3 is 3.04 bits per heavy atom. The summed E-state index contributed by atoms with van der Waals surface area (Å²) in [5.41, 5.74) is 1.28. The van der Waals surface area contributed by atoms with Crippen LogP contribution in [0.2, 0.25) is 0 Å². The first-order valence-electron chi connectivity index (χ1n) is 9.15. The number of piperidine rings is 1. The average Bonchev–Trinajstić information content (AvgIpc) is 3.28. The minimum absolute atomic E-state index is 0.124. The topological polar surface area (TPSA) is 68.8 Å². The van der Waals surface area contributed by atoms with Crippen LogP contribution in [0.25, 0.3) is 0 Å². The lowest BCUT2D eigenvalue weighted by Crippen LogP contribution is -2.48. The summed E-state index contributed by atoms with van der Waals surface area (Å²) in [5, 5.41) is 12.5. The SMILES string of the molecule is O=c1cccc2n1C[C@H]1C[C@@H]2CN(c2nnnn2CC2C=CCC2)C1. The zero-order valence-electron chi connectivity index (χ0n) is 14.2. The molecule has 0 radical (unpaired) electrons. The standard InChI is InChI=1S/C18H22N6O/c25-17-7-3-6-16-15-8-14(10-23(16)17)9-22(12-15)18-19-20-21-24(18)11-13-4-1-2-5-13/h1,3-4,6-7,13-15H,2,5,8-12H2/t13?,14-,15+/m0/s1. The van der Waals surface area contributed by atoms with Crippen LogP contribution in [0.5, 0.6) is 0 Å². The number of rotatable bonds is 3. The van der Waals surface area contributed by atoms with Gasteiger partial charge in [0.25, 0.3) is 5.56 Å². The fourth-order valence-corrected chi connectivity index (χ4v) is 4.67. The van der Waals surface area contributed by atoms with Crippen molar-refractivity contribution in [3.63, 3.8) is 0 Å². The molecule has 7 nitrogen and oxygen atoms in total. The maximum Gasteiger partial charge on any atom is 0.250 e. The van der Waals surface area contributed by atoms with Crippen molar-refractivity contribution in [1.29, 1.82) is 0 Å². The van der Waals surface area contributed by atoms with Gasteiger partial charge in [-0.1, -0.05) is 23.3 Å². The normalized spacial score (nSPS) is 27.5. The second-order valence-corrected chi connectivity index (χ2v) is 7.53. The van der Waals surface area contributed by atoms with Crippen LogP contribution in [0.3, 0.4) is 0 Å². The Morgan fingerprint density at radius 2 is 2.16 bits per heavy atom. The summed E-state index contributed by atoms with van der Waals surface area (Å²) in [6, 6.07) is 5.64. The number of fused-ring (bicyclic) bond motifs is 4. The first kappa shape index (κ1) is 14.9. The van der Waals surface area contributed by atoms with Crippen molar-refractivity contribution < 1.29 is 0 Å². The van der Waals surface area contributed by atoms with Gasteiger partial charge in [-0.15, -0.1) is 0 Å². The third kappa shape index (κ3) is 2.58. The van der Waals surface area contributed by atoms with E-state index in [1.807, 2.05) is 15.3 Å². The summed E-state index contributed by atoms with van der Waals surface area (Å²) < 4.78 is 3.92. The van der Waals surface area contributed by atoms with Crippen LogP contribution in [-0.4, -0.2) is 37.9 Å². The highest BCUT2D eigenvalue weighted by Crippen LogP contribution is 2.36. The van der Waals surface area contributed by atoms with Crippen LogP contribution in [0.4, 0.5) is 5.95 Å². The van der Waals surface area contributed by atoms with Gasteiger partial charge in [0.05, 0.1) is 6.54 Å². The largest absolute Gasteiger partial charge is 0.339 e. The van der Waals surface area contributed by atoms with Gasteiger partial charge in [-0.05, 0) is 47.6 Å². The fraction of sp³-hybridized carbons (Fsp3) is 0.556. The summed E-state index contributed by atoms with van der Waals surface area (Å²) in [6.45, 7) is 3.44. The van der Waals surface area contributed by atoms with E-state index in [0.29, 0.717) is 17.8 Å². The molecular weight excluding hydrogens is 316 g/mol. The molecule has 0 N–H and O–H groups in total. The predicted octanol–water partition coefficient (Wildman–Crippen LogP) is 1.42. The maximum absolute atomic E-state index is 12.2. The monoisotopic (exact) mass is 338 g/mol. The zero-order chi connectivity index (χ0) is 16.8. The third-order valence-electron chi connectivity index (χ3n) is 5.80. The van der Waals surface area contributed by atoms with Crippen molar-refractivity contribution in [2.24, 2.45) is 11.8 Å². The molecule has 3 aliphatic rings. The van der Waals surface area contributed by atoms with Gasteiger partial charge < -0.3 is 9.47 Å². The number of nitrogens with zero attached hydrogens (tertiary/aromatic N) is 6. The third-order valence-corrected chi connectivity index (χ3v) is 5.80. The van der Waals surface area contributed by atoms with Gasteiger partial charge in [0.15, 0.2) is 0 Å². The molecule has 1 unspecified atom stereocenters. The van der Waals surface area contributed by atoms with Crippen molar-refractivity contribution in [2.75, 3.05) is 18.0 Å². The molecule has 2 aromatic heterocycles. The molecule has 0 spiro atoms. The molecule has 3 atom stereocenters. The van der Waals surface area contributed by atoms with Crippen LogP contribution >= 0.6 is 0 Å². The Labute approximate surface area is 145 Å². The van der Waals surface area contributed by atoms with Crippen molar-refractivity contribution in [3.8, 4) is 0 Å². The first-order chi connectivity index (χ1) is 12.3. The van der Waals surface area contributed by atoms with Crippen LogP contribution < -0.4 is 10.5 Å². The summed E-state index contributed by atoms with van der Waals surface area (Å²) in [7, 11) is 0. The minimum atomic E-state index is 0.124. The summed E-state index contributed by atoms with van der Waals surface area (Å²) in [4.78, 5) is 14.5. The van der Waals surface area contributed by atoms with Crippen molar-refractivity contribution in [3.05, 3.63) is 46.4 Å². The Balaban J connectivity index is 1.42. The van der Waals surface area contributed by atoms with E-state index in [1.54, 1.807) is 6.07 Å². The van der Waals surface area contributed by atoms with Gasteiger partial charge in [0, 0.05) is 37.3 Å². The van der Waals surface area contributed by atoms with Gasteiger partial charge >= 0.3 is 0 Å². The van der Waals surface area contributed by atoms with Crippen molar-refractivity contribution in [1.82, 2.24) is 24.8 Å². The Morgan fingerprint density at radius 1 is 1.20 bits per heavy atom. The summed E-state index contributed by atoms with van der Waals surface area (Å²) in [5.74, 6) is 2.26. The van der Waals surface area contributed by atoms with Gasteiger partial charge in [0.1, 0.15) is 0 Å². The van der Waals surface area contributed by atoms with Gasteiger partial charge in [-0.25, -0.2) is 4.68 Å². The quantitative estimate of drug-likeness (QED) is 0.792. The van der Waals surface area contributed by atoms with E-state index in [2.05, 4.69) is 38.6 Å². The van der Waals surface area contributed by atoms with E-state index in [1.165, 1.54) is 6.42 Å². The number of hydrogen-bond acceptors (Lipinski definition) is 5. The van der Waals surface area contributed by atoms with Crippen LogP contribution in [-0.2, 0) is 13.1 Å². The van der Waals surface area contributed by atoms with E-state index in [-0.39, 0.29) is 5.56 Å². The Bertz CT molecular complexity index is 868. The van der Waals surface area contributed by atoms with Crippen LogP contribution in [0, 0.1) is 11.8 Å². The lowest BCUT2D eigenvalue weighted by Gasteiger charge is -2.42. The maximum atomic E-state index is 12.2. The molecule has 5 rings (SSSR count). The number of aromatic nitrogens is 5. The molecule has 1 fully saturated rings. The number of tetrazole rings is 1. The minimum Gasteiger partial charge on any atom is -0.339 e. The van der Waals surface area contributed by atoms with Gasteiger partial charge in [0.2, 0.25) is 5.95 Å². The molecule has 7 heteroatoms. The molecule has 0 amide bonds. The number of hydrogen-bond donors (Lipinski definition) is 0. The van der Waals surface area contributed by atoms with Crippen molar-refractivity contribution in [2.45, 2.75) is 38.3 Å². The van der Waals surface area contributed by atoms with Gasteiger partial charge in [-0.3, -0.25) is 4.79 Å². The Kier molecular flexibility index (Phi) is 3.46. The number of allylic oxidation sites excluding steroid dienone is 2. The van der Waals surface area contributed by atoms with E-state index in [4.69, 9.17) is 0 Å². The number of anilines is 1. The lowest BCUT2D eigenvalue weighted by molar-refractivity contribution is 0.277. The molecule has 25 heavy (non-hydrogen) atoms. The smallest absolute Gasteiger partial charge is 0.250 e. The van der Waals surface area contributed by atoms with E-state index in [0.717, 1.165) is 50.7 Å². The molecule has 0 aromatic carbocycles. The molecule has 1 aliphatic carbocycles. The lowest BCUT2D eigenvalue weighted by atomic mass is 9.83. The second-order valence-electron chi connectivity index (χ2n) is 7.53. The molecule has 4 heterocycles. The molecule has 2 aromatic rings. The molecule has 2 aliphatic heterocycles. The molecule has 1 saturated heterocycles. The van der Waals surface area contributed by atoms with Crippen molar-refractivity contribution >= 4 is 5.95 Å². The van der Waals surface area contributed by atoms with Gasteiger partial charge in [-0.2, -0.15) is 0 Å². The molecule has 2 bridgehead atoms. The van der Waals surface area contributed by atoms with Crippen LogP contribution in [0.15, 0.2) is 35.1 Å². The van der Waals surface area contributed by atoms with E-state index >= 15 is 0 Å².